The summed E-state index contributed by atoms with van der Waals surface area (Å²) in [7, 11) is 0. The van der Waals surface area contributed by atoms with Crippen LogP contribution in [0.2, 0.25) is 0 Å². The number of carbonyl (C=O) groups is 1. The van der Waals surface area contributed by atoms with Crippen molar-refractivity contribution in [3.05, 3.63) is 47.8 Å². The molecule has 1 aliphatic rings. The first-order valence-corrected chi connectivity index (χ1v) is 8.74. The quantitative estimate of drug-likeness (QED) is 0.672. The van der Waals surface area contributed by atoms with Crippen molar-refractivity contribution in [1.82, 2.24) is 4.57 Å². The van der Waals surface area contributed by atoms with Crippen LogP contribution in [0.25, 0.3) is 0 Å². The highest BCUT2D eigenvalue weighted by atomic mass is 16.1. The minimum Gasteiger partial charge on any atom is -0.351 e. The molecule has 0 saturated heterocycles. The highest BCUT2D eigenvalue weighted by Crippen LogP contribution is 2.37. The number of nitrogens with zero attached hydrogens (tertiary/aromatic N) is 1. The maximum atomic E-state index is 12.6. The van der Waals surface area contributed by atoms with Gasteiger partial charge in [-0.1, -0.05) is 47.3 Å². The molecule has 0 N–H and O–H groups in total. The standard InChI is InChI=1S/C21H31NO/c1-15(2)14-22-11-7-8-19(22)17-12-16(3)18(20(23)13-17)9-10-21(4,5)6/h7-9,11,15,17H,3,10,12-14H2,1-2,4-6H3/b18-9-. The Balaban J connectivity index is 2.15. The molecule has 0 radical (unpaired) electrons. The summed E-state index contributed by atoms with van der Waals surface area (Å²) in [5.41, 5.74) is 3.37. The third kappa shape index (κ3) is 4.70. The van der Waals surface area contributed by atoms with E-state index in [1.54, 1.807) is 0 Å². The zero-order valence-electron chi connectivity index (χ0n) is 15.4. The third-order valence-electron chi connectivity index (χ3n) is 4.37. The van der Waals surface area contributed by atoms with E-state index in [4.69, 9.17) is 0 Å². The second kappa shape index (κ2) is 6.90. The fourth-order valence-electron chi connectivity index (χ4n) is 3.24. The molecule has 1 aliphatic carbocycles. The second-order valence-corrected chi connectivity index (χ2v) is 8.49. The molecule has 1 saturated carbocycles. The molecule has 1 fully saturated rings. The Kier molecular flexibility index (Phi) is 5.33. The summed E-state index contributed by atoms with van der Waals surface area (Å²) < 4.78 is 2.31. The van der Waals surface area contributed by atoms with Crippen LogP contribution < -0.4 is 0 Å². The molecule has 1 aromatic heterocycles. The van der Waals surface area contributed by atoms with Crippen molar-refractivity contribution in [2.45, 2.75) is 66.3 Å². The first-order chi connectivity index (χ1) is 10.7. The van der Waals surface area contributed by atoms with Crippen LogP contribution >= 0.6 is 0 Å². The number of Topliss-reactive ketones (excluding diaryl/α,β-unsaturated/α-hetero) is 1. The van der Waals surface area contributed by atoms with Gasteiger partial charge in [0.2, 0.25) is 0 Å². The zero-order valence-corrected chi connectivity index (χ0v) is 15.4. The van der Waals surface area contributed by atoms with E-state index >= 15 is 0 Å². The van der Waals surface area contributed by atoms with Crippen molar-refractivity contribution >= 4 is 5.78 Å². The molecule has 1 atom stereocenters. The predicted octanol–water partition coefficient (Wildman–Crippen LogP) is 5.51. The number of carbonyl (C=O) groups excluding carboxylic acids is 1. The average molecular weight is 313 g/mol. The van der Waals surface area contributed by atoms with Crippen LogP contribution in [0.1, 0.15) is 65.5 Å². The minimum absolute atomic E-state index is 0.205. The van der Waals surface area contributed by atoms with Crippen LogP contribution in [0.4, 0.5) is 0 Å². The number of allylic oxidation sites excluding steroid dienone is 3. The SMILES string of the molecule is C=C1CC(c2cccn2CC(C)C)CC(=O)/C1=C\CC(C)(C)C. The van der Waals surface area contributed by atoms with Crippen LogP contribution in [0.15, 0.2) is 42.1 Å². The smallest absolute Gasteiger partial charge is 0.163 e. The van der Waals surface area contributed by atoms with Crippen molar-refractivity contribution in [1.29, 1.82) is 0 Å². The van der Waals surface area contributed by atoms with E-state index in [9.17, 15) is 4.79 Å². The maximum Gasteiger partial charge on any atom is 0.163 e. The fraction of sp³-hybridized carbons (Fsp3) is 0.571. The summed E-state index contributed by atoms with van der Waals surface area (Å²) >= 11 is 0. The molecule has 0 amide bonds. The van der Waals surface area contributed by atoms with Crippen LogP contribution in [0, 0.1) is 11.3 Å². The van der Waals surface area contributed by atoms with Crippen molar-refractivity contribution in [3.8, 4) is 0 Å². The molecular weight excluding hydrogens is 282 g/mol. The normalized spacial score (nSPS) is 21.5. The van der Waals surface area contributed by atoms with Gasteiger partial charge in [-0.3, -0.25) is 4.79 Å². The predicted molar refractivity (Wildman–Crippen MR) is 97.5 cm³/mol. The van der Waals surface area contributed by atoms with E-state index in [1.165, 1.54) is 5.69 Å². The summed E-state index contributed by atoms with van der Waals surface area (Å²) in [4.78, 5) is 12.6. The minimum atomic E-state index is 0.205. The lowest BCUT2D eigenvalue weighted by Gasteiger charge is -2.27. The van der Waals surface area contributed by atoms with E-state index in [1.807, 2.05) is 0 Å². The first-order valence-electron chi connectivity index (χ1n) is 8.74. The largest absolute Gasteiger partial charge is 0.351 e. The Bertz CT molecular complexity index is 590. The molecule has 2 rings (SSSR count). The zero-order chi connectivity index (χ0) is 17.2. The molecule has 23 heavy (non-hydrogen) atoms. The Morgan fingerprint density at radius 3 is 2.61 bits per heavy atom. The van der Waals surface area contributed by atoms with Gasteiger partial charge in [0.1, 0.15) is 0 Å². The Morgan fingerprint density at radius 2 is 2.04 bits per heavy atom. The highest BCUT2D eigenvalue weighted by molar-refractivity contribution is 6.01. The van der Waals surface area contributed by atoms with Crippen molar-refractivity contribution < 1.29 is 4.79 Å². The molecule has 1 unspecified atom stereocenters. The van der Waals surface area contributed by atoms with Gasteiger partial charge in [-0.25, -0.2) is 0 Å². The molecule has 0 aromatic carbocycles. The number of hydrogen-bond donors (Lipinski definition) is 0. The lowest BCUT2D eigenvalue weighted by Crippen LogP contribution is -2.21. The van der Waals surface area contributed by atoms with Gasteiger partial charge < -0.3 is 4.57 Å². The van der Waals surface area contributed by atoms with Crippen LogP contribution in [0.5, 0.6) is 0 Å². The van der Waals surface area contributed by atoms with E-state index in [-0.39, 0.29) is 17.1 Å². The van der Waals surface area contributed by atoms with Crippen LogP contribution in [-0.2, 0) is 11.3 Å². The lowest BCUT2D eigenvalue weighted by atomic mass is 9.78. The van der Waals surface area contributed by atoms with Gasteiger partial charge >= 0.3 is 0 Å². The molecule has 1 heterocycles. The van der Waals surface area contributed by atoms with Gasteiger partial charge in [-0.2, -0.15) is 0 Å². The van der Waals surface area contributed by atoms with Crippen LogP contribution in [-0.4, -0.2) is 10.4 Å². The average Bonchev–Trinajstić information content (AvgIpc) is 2.83. The maximum absolute atomic E-state index is 12.6. The molecule has 126 valence electrons. The van der Waals surface area contributed by atoms with Crippen molar-refractivity contribution in [3.63, 3.8) is 0 Å². The van der Waals surface area contributed by atoms with E-state index < -0.39 is 0 Å². The second-order valence-electron chi connectivity index (χ2n) is 8.49. The van der Waals surface area contributed by atoms with E-state index in [2.05, 4.69) is 70.2 Å². The first kappa shape index (κ1) is 17.8. The van der Waals surface area contributed by atoms with Gasteiger partial charge in [0.05, 0.1) is 0 Å². The van der Waals surface area contributed by atoms with Gasteiger partial charge in [0.25, 0.3) is 0 Å². The van der Waals surface area contributed by atoms with E-state index in [0.29, 0.717) is 12.3 Å². The molecule has 2 heteroatoms. The van der Waals surface area contributed by atoms with Gasteiger partial charge in [-0.15, -0.1) is 0 Å². The summed E-state index contributed by atoms with van der Waals surface area (Å²) in [5, 5.41) is 0. The summed E-state index contributed by atoms with van der Waals surface area (Å²) in [6, 6.07) is 4.26. The van der Waals surface area contributed by atoms with Gasteiger partial charge in [-0.05, 0) is 41.9 Å². The number of aromatic nitrogens is 1. The number of hydrogen-bond acceptors (Lipinski definition) is 1. The summed E-state index contributed by atoms with van der Waals surface area (Å²) in [6.45, 7) is 16.2. The highest BCUT2D eigenvalue weighted by Gasteiger charge is 2.29. The van der Waals surface area contributed by atoms with Crippen molar-refractivity contribution in [2.75, 3.05) is 0 Å². The van der Waals surface area contributed by atoms with Gasteiger partial charge in [0, 0.05) is 36.3 Å². The topological polar surface area (TPSA) is 22.0 Å². The van der Waals surface area contributed by atoms with Crippen LogP contribution in [0.3, 0.4) is 0 Å². The number of ketones is 1. The molecule has 0 aliphatic heterocycles. The molecule has 0 bridgehead atoms. The van der Waals surface area contributed by atoms with E-state index in [0.717, 1.165) is 30.5 Å². The molecule has 1 aromatic rings. The molecule has 2 nitrogen and oxygen atoms in total. The van der Waals surface area contributed by atoms with Crippen molar-refractivity contribution in [2.24, 2.45) is 11.3 Å². The molecule has 0 spiro atoms. The third-order valence-corrected chi connectivity index (χ3v) is 4.37. The Labute approximate surface area is 141 Å². The van der Waals surface area contributed by atoms with Gasteiger partial charge in [0.15, 0.2) is 5.78 Å². The Hall–Kier alpha value is -1.57. The Morgan fingerprint density at radius 1 is 1.35 bits per heavy atom. The summed E-state index contributed by atoms with van der Waals surface area (Å²) in [5.74, 6) is 1.13. The number of rotatable bonds is 4. The lowest BCUT2D eigenvalue weighted by molar-refractivity contribution is -0.116. The fourth-order valence-corrected chi connectivity index (χ4v) is 3.24. The monoisotopic (exact) mass is 313 g/mol. The molecular formula is C21H31NO. The summed E-state index contributed by atoms with van der Waals surface area (Å²) in [6.07, 6.45) is 6.66.